The van der Waals surface area contributed by atoms with Crippen LogP contribution in [0.5, 0.6) is 0 Å². The van der Waals surface area contributed by atoms with Crippen molar-refractivity contribution in [3.63, 3.8) is 0 Å². The van der Waals surface area contributed by atoms with E-state index in [0.29, 0.717) is 5.56 Å². The molecule has 9 nitrogen and oxygen atoms in total. The van der Waals surface area contributed by atoms with Crippen LogP contribution in [0.3, 0.4) is 0 Å². The highest BCUT2D eigenvalue weighted by atomic mass is 16.2. The highest BCUT2D eigenvalue weighted by Gasteiger charge is 2.16. The van der Waals surface area contributed by atoms with Crippen molar-refractivity contribution in [2.24, 2.45) is 11.5 Å². The van der Waals surface area contributed by atoms with Crippen molar-refractivity contribution in [3.05, 3.63) is 32.6 Å². The van der Waals surface area contributed by atoms with E-state index in [9.17, 15) is 19.2 Å². The highest BCUT2D eigenvalue weighted by molar-refractivity contribution is 5.83. The molecule has 0 spiro atoms. The molecule has 0 aliphatic rings. The van der Waals surface area contributed by atoms with E-state index in [1.165, 1.54) is 13.1 Å². The van der Waals surface area contributed by atoms with E-state index in [0.717, 1.165) is 9.47 Å². The average molecular weight is 283 g/mol. The number of primary amides is 1. The quantitative estimate of drug-likeness (QED) is 0.513. The lowest BCUT2D eigenvalue weighted by Crippen LogP contribution is -2.44. The first-order chi connectivity index (χ1) is 9.35. The van der Waals surface area contributed by atoms with Gasteiger partial charge in [0.15, 0.2) is 0 Å². The molecule has 0 saturated carbocycles. The van der Waals surface area contributed by atoms with Crippen LogP contribution in [0.2, 0.25) is 0 Å². The van der Waals surface area contributed by atoms with E-state index < -0.39 is 23.1 Å². The van der Waals surface area contributed by atoms with E-state index in [1.807, 2.05) is 0 Å². The monoisotopic (exact) mass is 283 g/mol. The van der Waals surface area contributed by atoms with E-state index in [1.54, 1.807) is 0 Å². The number of aryl methyl sites for hydroxylation is 1. The van der Waals surface area contributed by atoms with Crippen molar-refractivity contribution in [2.45, 2.75) is 13.5 Å². The first kappa shape index (κ1) is 15.6. The number of nitrogens with two attached hydrogens (primary N) is 2. The minimum atomic E-state index is -0.694. The van der Waals surface area contributed by atoms with E-state index in [2.05, 4.69) is 4.98 Å². The molecule has 0 fully saturated rings. The van der Waals surface area contributed by atoms with Crippen molar-refractivity contribution >= 4 is 11.8 Å². The summed E-state index contributed by atoms with van der Waals surface area (Å²) in [5.41, 5.74) is 9.49. The van der Waals surface area contributed by atoms with Crippen LogP contribution in [0, 0.1) is 6.92 Å². The maximum absolute atomic E-state index is 12.0. The Bertz CT molecular complexity index is 618. The summed E-state index contributed by atoms with van der Waals surface area (Å²) in [7, 11) is 0. The van der Waals surface area contributed by atoms with Gasteiger partial charge in [-0.1, -0.05) is 0 Å². The summed E-state index contributed by atoms with van der Waals surface area (Å²) in [5, 5.41) is 0. The van der Waals surface area contributed by atoms with Crippen molar-refractivity contribution in [1.29, 1.82) is 0 Å². The topological polar surface area (TPSA) is 144 Å². The first-order valence-electron chi connectivity index (χ1n) is 5.91. The van der Waals surface area contributed by atoms with Gasteiger partial charge in [-0.3, -0.25) is 23.9 Å². The molecule has 1 aromatic heterocycles. The molecule has 110 valence electrons. The lowest BCUT2D eigenvalue weighted by atomic mass is 10.3. The van der Waals surface area contributed by atoms with Gasteiger partial charge in [-0.25, -0.2) is 4.79 Å². The smallest absolute Gasteiger partial charge is 0.328 e. The third kappa shape index (κ3) is 4.05. The second kappa shape index (κ2) is 6.66. The number of aromatic amines is 1. The summed E-state index contributed by atoms with van der Waals surface area (Å²) in [6.07, 6.45) is 1.28. The number of carbonyl (C=O) groups is 2. The number of H-pyrrole nitrogens is 1. The number of rotatable bonds is 6. The van der Waals surface area contributed by atoms with Gasteiger partial charge in [0.05, 0.1) is 6.54 Å². The SMILES string of the molecule is Cc1cn(CC(=O)N(CCN)CC(N)=O)c(=O)[nH]c1=O. The number of nitrogens with zero attached hydrogens (tertiary/aromatic N) is 2. The van der Waals surface area contributed by atoms with Crippen LogP contribution < -0.4 is 22.7 Å². The van der Waals surface area contributed by atoms with Crippen LogP contribution in [-0.2, 0) is 16.1 Å². The minimum Gasteiger partial charge on any atom is -0.368 e. The number of nitrogens with one attached hydrogen (secondary N) is 1. The summed E-state index contributed by atoms with van der Waals surface area (Å²) in [5.74, 6) is -1.15. The molecular weight excluding hydrogens is 266 g/mol. The second-order valence-electron chi connectivity index (χ2n) is 4.27. The number of carbonyl (C=O) groups excluding carboxylic acids is 2. The minimum absolute atomic E-state index is 0.152. The zero-order valence-electron chi connectivity index (χ0n) is 11.1. The van der Waals surface area contributed by atoms with Crippen LogP contribution in [-0.4, -0.2) is 45.9 Å². The molecule has 2 amide bonds. The van der Waals surface area contributed by atoms with Crippen LogP contribution in [0.15, 0.2) is 15.8 Å². The van der Waals surface area contributed by atoms with Crippen molar-refractivity contribution in [1.82, 2.24) is 14.5 Å². The average Bonchev–Trinajstić information content (AvgIpc) is 2.34. The van der Waals surface area contributed by atoms with E-state index >= 15 is 0 Å². The zero-order chi connectivity index (χ0) is 15.3. The zero-order valence-corrected chi connectivity index (χ0v) is 11.1. The molecule has 20 heavy (non-hydrogen) atoms. The van der Waals surface area contributed by atoms with Gasteiger partial charge in [0.25, 0.3) is 5.56 Å². The maximum atomic E-state index is 12.0. The Balaban J connectivity index is 2.93. The summed E-state index contributed by atoms with van der Waals surface area (Å²) < 4.78 is 1.06. The molecule has 0 unspecified atom stereocenters. The van der Waals surface area contributed by atoms with Crippen LogP contribution in [0.1, 0.15) is 5.56 Å². The van der Waals surface area contributed by atoms with Crippen molar-refractivity contribution in [3.8, 4) is 0 Å². The molecule has 1 aromatic rings. The number of aromatic nitrogens is 2. The Morgan fingerprint density at radius 2 is 2.05 bits per heavy atom. The predicted octanol–water partition coefficient (Wildman–Crippen LogP) is -2.88. The van der Waals surface area contributed by atoms with Gasteiger partial charge in [-0.15, -0.1) is 0 Å². The van der Waals surface area contributed by atoms with Gasteiger partial charge in [-0.05, 0) is 6.92 Å². The number of hydrogen-bond donors (Lipinski definition) is 3. The molecule has 1 heterocycles. The fraction of sp³-hybridized carbons (Fsp3) is 0.455. The molecular formula is C11H17N5O4. The van der Waals surface area contributed by atoms with E-state index in [4.69, 9.17) is 11.5 Å². The Labute approximate surface area is 114 Å². The summed E-state index contributed by atoms with van der Waals surface area (Å²) in [4.78, 5) is 48.9. The summed E-state index contributed by atoms with van der Waals surface area (Å²) in [6, 6.07) is 0. The Morgan fingerprint density at radius 3 is 2.60 bits per heavy atom. The molecule has 1 rings (SSSR count). The third-order valence-electron chi connectivity index (χ3n) is 2.59. The predicted molar refractivity (Wildman–Crippen MR) is 70.9 cm³/mol. The van der Waals surface area contributed by atoms with Gasteiger partial charge in [0, 0.05) is 24.8 Å². The Kier molecular flexibility index (Phi) is 5.21. The molecule has 0 atom stereocenters. The standard InChI is InChI=1S/C11H17N5O4/c1-7-4-16(11(20)14-10(7)19)6-9(18)15(3-2-12)5-8(13)17/h4H,2-3,5-6,12H2,1H3,(H2,13,17)(H,14,19,20). The highest BCUT2D eigenvalue weighted by Crippen LogP contribution is 1.93. The maximum Gasteiger partial charge on any atom is 0.328 e. The van der Waals surface area contributed by atoms with Gasteiger partial charge >= 0.3 is 5.69 Å². The fourth-order valence-corrected chi connectivity index (χ4v) is 1.62. The second-order valence-corrected chi connectivity index (χ2v) is 4.27. The Morgan fingerprint density at radius 1 is 1.40 bits per heavy atom. The number of hydrogen-bond acceptors (Lipinski definition) is 5. The lowest BCUT2D eigenvalue weighted by molar-refractivity contribution is -0.135. The van der Waals surface area contributed by atoms with Gasteiger partial charge in [0.1, 0.15) is 6.54 Å². The molecule has 0 bridgehead atoms. The lowest BCUT2D eigenvalue weighted by Gasteiger charge is -2.20. The normalized spacial score (nSPS) is 10.3. The van der Waals surface area contributed by atoms with Gasteiger partial charge in [-0.2, -0.15) is 0 Å². The van der Waals surface area contributed by atoms with Crippen LogP contribution in [0.4, 0.5) is 0 Å². The molecule has 0 aromatic carbocycles. The molecule has 9 heteroatoms. The van der Waals surface area contributed by atoms with Gasteiger partial charge < -0.3 is 16.4 Å². The largest absolute Gasteiger partial charge is 0.368 e. The molecule has 0 radical (unpaired) electrons. The van der Waals surface area contributed by atoms with Gasteiger partial charge in [0.2, 0.25) is 11.8 Å². The molecule has 5 N–H and O–H groups in total. The summed E-state index contributed by atoms with van der Waals surface area (Å²) >= 11 is 0. The molecule has 0 saturated heterocycles. The van der Waals surface area contributed by atoms with Crippen molar-refractivity contribution < 1.29 is 9.59 Å². The van der Waals surface area contributed by atoms with Crippen LogP contribution >= 0.6 is 0 Å². The number of amides is 2. The van der Waals surface area contributed by atoms with Crippen LogP contribution in [0.25, 0.3) is 0 Å². The van der Waals surface area contributed by atoms with E-state index in [-0.39, 0.29) is 26.2 Å². The third-order valence-corrected chi connectivity index (χ3v) is 2.59. The Hall–Kier alpha value is -2.42. The molecule has 0 aliphatic heterocycles. The van der Waals surface area contributed by atoms with Crippen molar-refractivity contribution in [2.75, 3.05) is 19.6 Å². The fourth-order valence-electron chi connectivity index (χ4n) is 1.62. The first-order valence-corrected chi connectivity index (χ1v) is 5.91. The molecule has 0 aliphatic carbocycles. The summed E-state index contributed by atoms with van der Waals surface area (Å²) in [6.45, 7) is 1.26.